The second-order valence-corrected chi connectivity index (χ2v) is 10.2. The van der Waals surface area contributed by atoms with Crippen LogP contribution in [-0.2, 0) is 14.3 Å². The summed E-state index contributed by atoms with van der Waals surface area (Å²) < 4.78 is 6.18. The maximum atomic E-state index is 12.6. The molecule has 1 heterocycles. The third-order valence-corrected chi connectivity index (χ3v) is 9.34. The highest BCUT2D eigenvalue weighted by atomic mass is 16.6. The fourth-order valence-electron chi connectivity index (χ4n) is 8.18. The Kier molecular flexibility index (Phi) is 2.90. The first kappa shape index (κ1) is 16.2. The van der Waals surface area contributed by atoms with Crippen molar-refractivity contribution >= 4 is 11.6 Å². The molecule has 0 N–H and O–H groups in total. The molecule has 3 heteroatoms. The fraction of sp³-hybridized carbons (Fsp3) is 0.818. The number of Topliss-reactive ketones (excluding diaryl/α,β-unsaturated/α-hetero) is 1. The highest BCUT2D eigenvalue weighted by molar-refractivity contribution is 5.92. The number of ketones is 2. The third-order valence-electron chi connectivity index (χ3n) is 9.34. The van der Waals surface area contributed by atoms with Crippen LogP contribution in [0, 0.1) is 28.6 Å². The molecule has 5 aliphatic rings. The zero-order chi connectivity index (χ0) is 17.8. The van der Waals surface area contributed by atoms with Crippen LogP contribution in [0.3, 0.4) is 0 Å². The SMILES string of the molecule is CC(=O)[C@]12O[C@@]1(C)C[C@H]1[C@@H]3CCC4=CC(=O)CC[C@]4(C)[C@@H]3CC[C@@]12C. The molecule has 0 unspecified atom stereocenters. The second kappa shape index (κ2) is 4.47. The van der Waals surface area contributed by atoms with Gasteiger partial charge < -0.3 is 4.74 Å². The topological polar surface area (TPSA) is 46.7 Å². The van der Waals surface area contributed by atoms with Crippen molar-refractivity contribution < 1.29 is 14.3 Å². The van der Waals surface area contributed by atoms with Crippen molar-refractivity contribution in [2.45, 2.75) is 83.8 Å². The highest BCUT2D eigenvalue weighted by Crippen LogP contribution is 2.77. The average molecular weight is 342 g/mol. The summed E-state index contributed by atoms with van der Waals surface area (Å²) in [6, 6.07) is 0. The Bertz CT molecular complexity index is 723. The molecule has 1 aliphatic heterocycles. The number of hydrogen-bond donors (Lipinski definition) is 0. The number of epoxide rings is 1. The van der Waals surface area contributed by atoms with Gasteiger partial charge >= 0.3 is 0 Å². The Balaban J connectivity index is 1.54. The summed E-state index contributed by atoms with van der Waals surface area (Å²) in [7, 11) is 0. The van der Waals surface area contributed by atoms with Crippen LogP contribution in [0.5, 0.6) is 0 Å². The maximum absolute atomic E-state index is 12.6. The van der Waals surface area contributed by atoms with E-state index in [4.69, 9.17) is 4.74 Å². The number of carbonyl (C=O) groups is 2. The molecule has 0 aromatic carbocycles. The Morgan fingerprint density at radius 3 is 2.60 bits per heavy atom. The zero-order valence-electron chi connectivity index (χ0n) is 16.0. The summed E-state index contributed by atoms with van der Waals surface area (Å²) in [6.07, 6.45) is 9.26. The van der Waals surface area contributed by atoms with Crippen molar-refractivity contribution in [3.8, 4) is 0 Å². The van der Waals surface area contributed by atoms with Crippen LogP contribution in [0.2, 0.25) is 0 Å². The van der Waals surface area contributed by atoms with Gasteiger partial charge in [-0.1, -0.05) is 19.4 Å². The first-order valence-electron chi connectivity index (χ1n) is 10.1. The minimum Gasteiger partial charge on any atom is -0.354 e. The van der Waals surface area contributed by atoms with E-state index in [1.165, 1.54) is 18.4 Å². The predicted octanol–water partition coefficient (Wildman–Crippen LogP) is 4.24. The van der Waals surface area contributed by atoms with Gasteiger partial charge in [-0.3, -0.25) is 9.59 Å². The Morgan fingerprint density at radius 2 is 1.88 bits per heavy atom. The first-order valence-corrected chi connectivity index (χ1v) is 10.1. The quantitative estimate of drug-likeness (QED) is 0.670. The highest BCUT2D eigenvalue weighted by Gasteiger charge is 2.85. The summed E-state index contributed by atoms with van der Waals surface area (Å²) in [5, 5.41) is 0. The maximum Gasteiger partial charge on any atom is 0.165 e. The monoisotopic (exact) mass is 342 g/mol. The van der Waals surface area contributed by atoms with Crippen LogP contribution in [0.15, 0.2) is 11.6 Å². The number of rotatable bonds is 1. The van der Waals surface area contributed by atoms with Crippen molar-refractivity contribution in [1.29, 1.82) is 0 Å². The molecule has 25 heavy (non-hydrogen) atoms. The van der Waals surface area contributed by atoms with E-state index in [0.29, 0.717) is 30.0 Å². The molecule has 0 amide bonds. The normalized spacial score (nSPS) is 56.2. The van der Waals surface area contributed by atoms with Crippen molar-refractivity contribution in [3.05, 3.63) is 11.6 Å². The van der Waals surface area contributed by atoms with E-state index >= 15 is 0 Å². The molecule has 3 nitrogen and oxygen atoms in total. The zero-order valence-corrected chi connectivity index (χ0v) is 16.0. The molecule has 0 aromatic rings. The van der Waals surface area contributed by atoms with Crippen molar-refractivity contribution in [1.82, 2.24) is 0 Å². The lowest BCUT2D eigenvalue weighted by Crippen LogP contribution is -2.54. The van der Waals surface area contributed by atoms with Gasteiger partial charge in [0.25, 0.3) is 0 Å². The van der Waals surface area contributed by atoms with Gasteiger partial charge in [-0.05, 0) is 81.6 Å². The van der Waals surface area contributed by atoms with E-state index in [1.807, 2.05) is 6.08 Å². The van der Waals surface area contributed by atoms with Gasteiger partial charge in [0, 0.05) is 11.8 Å². The number of hydrogen-bond acceptors (Lipinski definition) is 3. The van der Waals surface area contributed by atoms with Gasteiger partial charge in [0.2, 0.25) is 0 Å². The summed E-state index contributed by atoms with van der Waals surface area (Å²) in [5.74, 6) is 2.50. The summed E-state index contributed by atoms with van der Waals surface area (Å²) in [6.45, 7) is 8.66. The third kappa shape index (κ3) is 1.63. The molecule has 5 rings (SSSR count). The van der Waals surface area contributed by atoms with E-state index in [9.17, 15) is 9.59 Å². The largest absolute Gasteiger partial charge is 0.354 e. The van der Waals surface area contributed by atoms with E-state index in [-0.39, 0.29) is 22.2 Å². The Labute approximate surface area is 150 Å². The van der Waals surface area contributed by atoms with E-state index in [0.717, 1.165) is 25.7 Å². The molecule has 0 spiro atoms. The summed E-state index contributed by atoms with van der Waals surface area (Å²) in [4.78, 5) is 24.5. The molecule has 136 valence electrons. The second-order valence-electron chi connectivity index (χ2n) is 10.2. The van der Waals surface area contributed by atoms with Gasteiger partial charge in [-0.15, -0.1) is 0 Å². The molecule has 4 aliphatic carbocycles. The molecule has 0 radical (unpaired) electrons. The van der Waals surface area contributed by atoms with Crippen molar-refractivity contribution in [3.63, 3.8) is 0 Å². The number of ether oxygens (including phenoxy) is 1. The lowest BCUT2D eigenvalue weighted by molar-refractivity contribution is -0.137. The fourth-order valence-corrected chi connectivity index (χ4v) is 8.18. The molecule has 4 fully saturated rings. The average Bonchev–Trinajstić information content (AvgIpc) is 3.13. The van der Waals surface area contributed by atoms with Gasteiger partial charge in [0.1, 0.15) is 5.60 Å². The molecule has 3 saturated carbocycles. The Hall–Kier alpha value is -0.960. The molecular weight excluding hydrogens is 312 g/mol. The summed E-state index contributed by atoms with van der Waals surface area (Å²) >= 11 is 0. The van der Waals surface area contributed by atoms with Crippen LogP contribution in [0.4, 0.5) is 0 Å². The van der Waals surface area contributed by atoms with Gasteiger partial charge in [0.15, 0.2) is 17.2 Å². The van der Waals surface area contributed by atoms with Crippen LogP contribution in [-0.4, -0.2) is 22.8 Å². The smallest absolute Gasteiger partial charge is 0.165 e. The molecule has 0 bridgehead atoms. The van der Waals surface area contributed by atoms with Crippen LogP contribution in [0.1, 0.15) is 72.6 Å². The van der Waals surface area contributed by atoms with Gasteiger partial charge in [-0.25, -0.2) is 0 Å². The summed E-state index contributed by atoms with van der Waals surface area (Å²) in [5.41, 5.74) is 0.870. The lowest BCUT2D eigenvalue weighted by atomic mass is 9.46. The minimum absolute atomic E-state index is 0.00316. The predicted molar refractivity (Wildman–Crippen MR) is 95.0 cm³/mol. The molecule has 1 saturated heterocycles. The minimum atomic E-state index is -0.519. The van der Waals surface area contributed by atoms with Crippen LogP contribution >= 0.6 is 0 Å². The molecular formula is C22H30O3. The van der Waals surface area contributed by atoms with Crippen LogP contribution < -0.4 is 0 Å². The van der Waals surface area contributed by atoms with Gasteiger partial charge in [-0.2, -0.15) is 0 Å². The standard InChI is InChI=1S/C22H30O3/c1-13(23)22-20(3)10-8-17-16(18(20)12-21(22,4)25-22)6-5-14-11-15(24)7-9-19(14,17)2/h11,16-18H,5-10,12H2,1-4H3/t16-,17-,18+,19+,20+,21+,22-/m1/s1. The Morgan fingerprint density at radius 1 is 1.12 bits per heavy atom. The number of allylic oxidation sites excluding steroid dienone is 1. The van der Waals surface area contributed by atoms with Crippen LogP contribution in [0.25, 0.3) is 0 Å². The van der Waals surface area contributed by atoms with E-state index < -0.39 is 5.60 Å². The van der Waals surface area contributed by atoms with Crippen molar-refractivity contribution in [2.75, 3.05) is 0 Å². The van der Waals surface area contributed by atoms with Gasteiger partial charge in [0.05, 0.1) is 0 Å². The molecule has 7 atom stereocenters. The lowest BCUT2D eigenvalue weighted by Gasteiger charge is -2.58. The van der Waals surface area contributed by atoms with E-state index in [1.54, 1.807) is 6.92 Å². The number of fused-ring (bicyclic) bond motifs is 7. The first-order chi connectivity index (χ1) is 11.7. The van der Waals surface area contributed by atoms with Crippen molar-refractivity contribution in [2.24, 2.45) is 28.6 Å². The number of carbonyl (C=O) groups excluding carboxylic acids is 2. The molecule has 0 aromatic heterocycles. The van der Waals surface area contributed by atoms with E-state index in [2.05, 4.69) is 20.8 Å².